The van der Waals surface area contributed by atoms with Crippen LogP contribution in [0.4, 0.5) is 0 Å². The van der Waals surface area contributed by atoms with Crippen LogP contribution in [-0.4, -0.2) is 4.57 Å². The van der Waals surface area contributed by atoms with Gasteiger partial charge in [-0.15, -0.1) is 0 Å². The fourth-order valence-electron chi connectivity index (χ4n) is 7.01. The molecule has 0 unspecified atom stereocenters. The molecule has 0 saturated heterocycles. The van der Waals surface area contributed by atoms with Crippen molar-refractivity contribution < 1.29 is 4.42 Å². The van der Waals surface area contributed by atoms with Crippen LogP contribution in [0, 0.1) is 0 Å². The van der Waals surface area contributed by atoms with Crippen molar-refractivity contribution in [3.05, 3.63) is 149 Å². The second-order valence-corrected chi connectivity index (χ2v) is 12.9. The molecule has 2 heterocycles. The molecule has 0 aliphatic carbocycles. The molecule has 0 radical (unpaired) electrons. The number of nitrogens with zero attached hydrogens (tertiary/aromatic N) is 1. The second-order valence-electron chi connectivity index (χ2n) is 12.9. The van der Waals surface area contributed by atoms with Gasteiger partial charge >= 0.3 is 0 Å². The number of hydrogen-bond acceptors (Lipinski definition) is 2. The minimum absolute atomic E-state index is 0.0137. The predicted octanol–water partition coefficient (Wildman–Crippen LogP) is 11.6. The molecule has 0 atom stereocenters. The number of para-hydroxylation sites is 2. The largest absolute Gasteiger partial charge is 0.456 e. The van der Waals surface area contributed by atoms with E-state index in [1.807, 2.05) is 54.6 Å². The molecule has 0 spiro atoms. The van der Waals surface area contributed by atoms with E-state index in [2.05, 4.69) is 105 Å². The van der Waals surface area contributed by atoms with Gasteiger partial charge in [0, 0.05) is 16.5 Å². The van der Waals surface area contributed by atoms with Gasteiger partial charge in [-0.05, 0) is 81.6 Å². The second kappa shape index (κ2) is 10.9. The van der Waals surface area contributed by atoms with Crippen LogP contribution < -0.4 is 5.43 Å². The highest BCUT2D eigenvalue weighted by Gasteiger charge is 2.20. The van der Waals surface area contributed by atoms with Gasteiger partial charge in [-0.1, -0.05) is 119 Å². The Morgan fingerprint density at radius 3 is 1.46 bits per heavy atom. The molecule has 3 nitrogen and oxygen atoms in total. The molecule has 0 aliphatic heterocycles. The lowest BCUT2D eigenvalue weighted by Crippen LogP contribution is -2.02. The minimum atomic E-state index is -0.0137. The van der Waals surface area contributed by atoms with Gasteiger partial charge in [0.1, 0.15) is 11.2 Å². The van der Waals surface area contributed by atoms with Gasteiger partial charge in [-0.2, -0.15) is 0 Å². The van der Waals surface area contributed by atoms with Crippen LogP contribution in [0.1, 0.15) is 50.7 Å². The molecule has 224 valence electrons. The van der Waals surface area contributed by atoms with E-state index in [0.29, 0.717) is 33.8 Å². The van der Waals surface area contributed by atoms with Gasteiger partial charge < -0.3 is 8.98 Å². The van der Waals surface area contributed by atoms with Crippen molar-refractivity contribution in [3.8, 4) is 27.9 Å². The molecule has 0 bridgehead atoms. The Morgan fingerprint density at radius 1 is 0.478 bits per heavy atom. The summed E-state index contributed by atoms with van der Waals surface area (Å²) in [6, 6.07) is 44.1. The fourth-order valence-corrected chi connectivity index (χ4v) is 7.01. The average molecular weight is 598 g/mol. The normalized spacial score (nSPS) is 12.0. The van der Waals surface area contributed by atoms with Gasteiger partial charge in [-0.25, -0.2) is 0 Å². The zero-order valence-electron chi connectivity index (χ0n) is 26.5. The zero-order valence-corrected chi connectivity index (χ0v) is 26.5. The topological polar surface area (TPSA) is 35.1 Å². The van der Waals surface area contributed by atoms with E-state index in [4.69, 9.17) is 4.42 Å². The predicted molar refractivity (Wildman–Crippen MR) is 193 cm³/mol. The van der Waals surface area contributed by atoms with Gasteiger partial charge in [-0.3, -0.25) is 4.79 Å². The Balaban J connectivity index is 1.27. The summed E-state index contributed by atoms with van der Waals surface area (Å²) in [6.45, 7) is 9.08. The molecule has 8 aromatic rings. The maximum Gasteiger partial charge on any atom is 0.200 e. The molecule has 8 rings (SSSR count). The SMILES string of the molecule is CC(C)c1cccc2c3cccc(C(C)C)c3n(-c3ccc(-c4ccc5oc6ccc(-c7ccccc7)cc6c(=O)c5c4)cc3)c12. The van der Waals surface area contributed by atoms with Crippen molar-refractivity contribution in [2.75, 3.05) is 0 Å². The molecule has 0 amide bonds. The minimum Gasteiger partial charge on any atom is -0.456 e. The van der Waals surface area contributed by atoms with Crippen molar-refractivity contribution in [3.63, 3.8) is 0 Å². The van der Waals surface area contributed by atoms with E-state index in [9.17, 15) is 4.79 Å². The molecule has 0 saturated carbocycles. The Bertz CT molecular complexity index is 2410. The Morgan fingerprint density at radius 2 is 0.957 bits per heavy atom. The van der Waals surface area contributed by atoms with Crippen LogP contribution in [-0.2, 0) is 0 Å². The molecule has 0 fully saturated rings. The third kappa shape index (κ3) is 4.46. The average Bonchev–Trinajstić information content (AvgIpc) is 3.43. The number of benzene rings is 6. The number of rotatable bonds is 5. The number of aromatic nitrogens is 1. The third-order valence-electron chi connectivity index (χ3n) is 9.35. The molecule has 2 aromatic heterocycles. The van der Waals surface area contributed by atoms with E-state index in [1.165, 1.54) is 32.9 Å². The van der Waals surface area contributed by atoms with Crippen LogP contribution in [0.2, 0.25) is 0 Å². The van der Waals surface area contributed by atoms with Crippen molar-refractivity contribution in [2.24, 2.45) is 0 Å². The first-order valence-electron chi connectivity index (χ1n) is 16.1. The quantitative estimate of drug-likeness (QED) is 0.185. The molecular weight excluding hydrogens is 562 g/mol. The Hall–Kier alpha value is -5.41. The highest BCUT2D eigenvalue weighted by atomic mass is 16.3. The zero-order chi connectivity index (χ0) is 31.5. The van der Waals surface area contributed by atoms with Crippen LogP contribution in [0.15, 0.2) is 137 Å². The summed E-state index contributed by atoms with van der Waals surface area (Å²) in [5.74, 6) is 0.773. The molecule has 46 heavy (non-hydrogen) atoms. The van der Waals surface area contributed by atoms with Crippen LogP contribution in [0.5, 0.6) is 0 Å². The first-order chi connectivity index (χ1) is 22.4. The summed E-state index contributed by atoms with van der Waals surface area (Å²) in [6.07, 6.45) is 0. The summed E-state index contributed by atoms with van der Waals surface area (Å²) in [5, 5.41) is 3.76. The lowest BCUT2D eigenvalue weighted by Gasteiger charge is -2.16. The van der Waals surface area contributed by atoms with Crippen LogP contribution >= 0.6 is 0 Å². The third-order valence-corrected chi connectivity index (χ3v) is 9.35. The summed E-state index contributed by atoms with van der Waals surface area (Å²) in [4.78, 5) is 13.8. The van der Waals surface area contributed by atoms with Crippen molar-refractivity contribution in [2.45, 2.75) is 39.5 Å². The van der Waals surface area contributed by atoms with E-state index in [-0.39, 0.29) is 5.43 Å². The van der Waals surface area contributed by atoms with Gasteiger partial charge in [0.25, 0.3) is 0 Å². The lowest BCUT2D eigenvalue weighted by atomic mass is 9.98. The van der Waals surface area contributed by atoms with Crippen molar-refractivity contribution in [1.82, 2.24) is 4.57 Å². The first kappa shape index (κ1) is 28.1. The monoisotopic (exact) mass is 597 g/mol. The van der Waals surface area contributed by atoms with E-state index in [1.54, 1.807) is 0 Å². The van der Waals surface area contributed by atoms with E-state index in [0.717, 1.165) is 27.9 Å². The standard InChI is InChI=1S/C43H35NO2/c1-26(2)33-12-8-14-35-36-15-9-13-34(27(3)4)42(36)44(41(33)35)32-20-16-29(17-21-32)31-19-23-40-38(25-31)43(45)37-24-30(18-22-39(37)46-40)28-10-6-5-7-11-28/h5-27H,1-4H3. The molecular formula is C43H35NO2. The molecule has 0 aliphatic rings. The van der Waals surface area contributed by atoms with Gasteiger partial charge in [0.2, 0.25) is 5.43 Å². The summed E-state index contributed by atoms with van der Waals surface area (Å²) in [5.41, 5.74) is 11.7. The van der Waals surface area contributed by atoms with Crippen molar-refractivity contribution >= 4 is 43.7 Å². The van der Waals surface area contributed by atoms with Gasteiger partial charge in [0.15, 0.2) is 0 Å². The van der Waals surface area contributed by atoms with Crippen molar-refractivity contribution in [1.29, 1.82) is 0 Å². The van der Waals surface area contributed by atoms with Crippen LogP contribution in [0.3, 0.4) is 0 Å². The first-order valence-corrected chi connectivity index (χ1v) is 16.1. The van der Waals surface area contributed by atoms with Gasteiger partial charge in [0.05, 0.1) is 21.8 Å². The van der Waals surface area contributed by atoms with E-state index >= 15 is 0 Å². The lowest BCUT2D eigenvalue weighted by molar-refractivity contribution is 0.660. The fraction of sp³-hybridized carbons (Fsp3) is 0.140. The summed E-state index contributed by atoms with van der Waals surface area (Å²) >= 11 is 0. The molecule has 3 heteroatoms. The highest BCUT2D eigenvalue weighted by molar-refractivity contribution is 6.11. The number of fused-ring (bicyclic) bond motifs is 5. The smallest absolute Gasteiger partial charge is 0.200 e. The van der Waals surface area contributed by atoms with Crippen LogP contribution in [0.25, 0.3) is 71.7 Å². The Kier molecular flexibility index (Phi) is 6.65. The molecule has 0 N–H and O–H groups in total. The maximum absolute atomic E-state index is 13.8. The summed E-state index contributed by atoms with van der Waals surface area (Å²) < 4.78 is 8.68. The van der Waals surface area contributed by atoms with E-state index < -0.39 is 0 Å². The highest BCUT2D eigenvalue weighted by Crippen LogP contribution is 2.40. The number of hydrogen-bond donors (Lipinski definition) is 0. The Labute approximate surface area is 268 Å². The maximum atomic E-state index is 13.8. The summed E-state index contributed by atoms with van der Waals surface area (Å²) in [7, 11) is 0. The molecule has 6 aromatic carbocycles.